The molecule has 11 N–H and O–H groups in total. The highest BCUT2D eigenvalue weighted by atomic mass is 19.2. The van der Waals surface area contributed by atoms with Crippen LogP contribution in [0.25, 0.3) is 67.5 Å². The molecule has 0 saturated carbocycles. The molecule has 1 aliphatic heterocycles. The Morgan fingerprint density at radius 1 is 0.509 bits per heavy atom. The fraction of sp³-hybridized carbons (Fsp3) is 0.162. The minimum atomic E-state index is -2.38. The first-order valence-electron chi connectivity index (χ1n) is 16.3. The van der Waals surface area contributed by atoms with Gasteiger partial charge in [-0.3, -0.25) is 0 Å². The van der Waals surface area contributed by atoms with E-state index in [0.717, 1.165) is 12.1 Å². The van der Waals surface area contributed by atoms with Crippen LogP contribution in [0, 0.1) is 46.5 Å². The zero-order valence-electron chi connectivity index (χ0n) is 27.8. The molecule has 18 heteroatoms. The Kier molecular flexibility index (Phi) is 9.74. The third-order valence-corrected chi connectivity index (χ3v) is 9.32. The van der Waals surface area contributed by atoms with E-state index >= 15 is 35.1 Å². The molecule has 10 nitrogen and oxygen atoms in total. The van der Waals surface area contributed by atoms with Crippen LogP contribution < -0.4 is 11.5 Å². The number of aliphatic hydroxyl groups excluding tert-OH is 4. The predicted octanol–water partition coefficient (Wildman–Crippen LogP) is 5.85. The van der Waals surface area contributed by atoms with Gasteiger partial charge in [0, 0.05) is 38.7 Å². The smallest absolute Gasteiger partial charge is 0.170 e. The summed E-state index contributed by atoms with van der Waals surface area (Å²) in [6, 6.07) is 5.72. The van der Waals surface area contributed by atoms with Crippen LogP contribution in [0.1, 0.15) is 34.7 Å². The molecule has 6 aromatic rings. The minimum absolute atomic E-state index is 0.172. The fourth-order valence-electron chi connectivity index (χ4n) is 6.50. The normalized spacial score (nSPS) is 14.5. The van der Waals surface area contributed by atoms with Gasteiger partial charge >= 0.3 is 0 Å². The molecule has 286 valence electrons. The highest BCUT2D eigenvalue weighted by Crippen LogP contribution is 2.42. The number of nitrogens with one attached hydrogen (secondary N) is 3. The topological polar surface area (TPSA) is 193 Å². The number of aromatic nitrogens is 4. The number of aromatic amines is 3. The van der Waals surface area contributed by atoms with Gasteiger partial charge in [-0.1, -0.05) is 0 Å². The van der Waals surface area contributed by atoms with Crippen LogP contribution in [-0.2, 0) is 0 Å². The lowest BCUT2D eigenvalue weighted by Gasteiger charge is -2.20. The molecule has 0 radical (unpaired) electrons. The molecule has 5 heterocycles. The van der Waals surface area contributed by atoms with Crippen LogP contribution in [0.2, 0.25) is 0 Å². The average molecular weight is 773 g/mol. The van der Waals surface area contributed by atoms with E-state index in [4.69, 9.17) is 11.5 Å². The summed E-state index contributed by atoms with van der Waals surface area (Å²) in [5.41, 5.74) is 4.31. The molecule has 55 heavy (non-hydrogen) atoms. The molecule has 0 saturated heterocycles. The van der Waals surface area contributed by atoms with E-state index in [2.05, 4.69) is 19.9 Å². The molecule has 0 spiro atoms. The summed E-state index contributed by atoms with van der Waals surface area (Å²) in [6.07, 6.45) is -1.63. The largest absolute Gasteiger partial charge is 0.395 e. The first-order valence-corrected chi connectivity index (χ1v) is 16.3. The Labute approximate surface area is 303 Å². The number of rotatable bonds is 8. The first kappa shape index (κ1) is 37.7. The monoisotopic (exact) mass is 772 g/mol. The maximum atomic E-state index is 16.1. The van der Waals surface area contributed by atoms with Crippen molar-refractivity contribution in [3.05, 3.63) is 112 Å². The Bertz CT molecular complexity index is 2620. The van der Waals surface area contributed by atoms with E-state index in [1.807, 2.05) is 0 Å². The zero-order valence-corrected chi connectivity index (χ0v) is 27.8. The number of hydrogen-bond acceptors (Lipinski definition) is 7. The third-order valence-electron chi connectivity index (χ3n) is 9.32. The maximum absolute atomic E-state index is 16.1. The molecule has 4 aromatic heterocycles. The van der Waals surface area contributed by atoms with E-state index in [9.17, 15) is 20.4 Å². The summed E-state index contributed by atoms with van der Waals surface area (Å²) in [7, 11) is 0. The molecule has 0 aliphatic carbocycles. The lowest BCUT2D eigenvalue weighted by Crippen LogP contribution is -2.33. The summed E-state index contributed by atoms with van der Waals surface area (Å²) in [4.78, 5) is 12.9. The van der Waals surface area contributed by atoms with Crippen LogP contribution in [0.3, 0.4) is 0 Å². The van der Waals surface area contributed by atoms with Crippen LogP contribution in [0.4, 0.5) is 35.1 Å². The number of nitrogens with zero attached hydrogens (tertiary/aromatic N) is 1. The van der Waals surface area contributed by atoms with E-state index in [1.165, 1.54) is 30.3 Å². The van der Waals surface area contributed by atoms with Crippen LogP contribution in [0.15, 0.2) is 42.5 Å². The second kappa shape index (κ2) is 14.2. The second-order valence-corrected chi connectivity index (χ2v) is 12.7. The zero-order chi connectivity index (χ0) is 39.6. The molecule has 2 aromatic carbocycles. The van der Waals surface area contributed by atoms with E-state index < -0.39 is 117 Å². The van der Waals surface area contributed by atoms with Gasteiger partial charge in [-0.25, -0.2) is 40.1 Å². The standard InChI is InChI=1S/C37H28F8N6O4/c38-28-24(29(39)33(43)26(32(28)42)36(54)14(46)10-52)22-18-4-2-13(49-18)9-12-1-3-16(48-12)17-5-6-19(50-17)23(21-8-7-20(22)51-21)25-30(40)34(44)27(35(45)31(25)41)37(55)15(47)11-53/h1-9,14-15,36-37,49-55H,10-11,46-47H2. The quantitative estimate of drug-likeness (QED) is 0.0683. The Morgan fingerprint density at radius 3 is 1.33 bits per heavy atom. The summed E-state index contributed by atoms with van der Waals surface area (Å²) in [5.74, 6) is -16.2. The van der Waals surface area contributed by atoms with Gasteiger partial charge < -0.3 is 46.8 Å². The molecule has 4 unspecified atom stereocenters. The highest BCUT2D eigenvalue weighted by molar-refractivity contribution is 5.99. The van der Waals surface area contributed by atoms with Crippen molar-refractivity contribution in [3.8, 4) is 22.3 Å². The molecule has 0 fully saturated rings. The SMILES string of the molecule is NC(CO)C(O)c1c(F)c(F)c(-c2c3ccc(cc4nc(c5ccc([nH]5)c(-c5c(F)c(F)c(C(O)C(N)CO)c(F)c5F)c5ccc2[nH]5)C=C4)[nH]3)c(F)c1F. The summed E-state index contributed by atoms with van der Waals surface area (Å²) in [6.45, 7) is -2.02. The van der Waals surface area contributed by atoms with Gasteiger partial charge in [0.25, 0.3) is 0 Å². The van der Waals surface area contributed by atoms with Crippen molar-refractivity contribution in [2.75, 3.05) is 13.2 Å². The van der Waals surface area contributed by atoms with E-state index in [0.29, 0.717) is 16.9 Å². The van der Waals surface area contributed by atoms with Crippen molar-refractivity contribution in [1.82, 2.24) is 19.9 Å². The number of benzene rings is 2. The number of H-pyrrole nitrogens is 3. The second-order valence-electron chi connectivity index (χ2n) is 12.7. The Balaban J connectivity index is 1.64. The van der Waals surface area contributed by atoms with Crippen LogP contribution in [0.5, 0.6) is 0 Å². The van der Waals surface area contributed by atoms with Crippen molar-refractivity contribution < 1.29 is 55.5 Å². The summed E-state index contributed by atoms with van der Waals surface area (Å²) in [5, 5.41) is 39.3. The van der Waals surface area contributed by atoms with Gasteiger partial charge in [0.05, 0.1) is 64.5 Å². The van der Waals surface area contributed by atoms with E-state index in [1.54, 1.807) is 12.2 Å². The number of aliphatic hydroxyl groups is 4. The van der Waals surface area contributed by atoms with Crippen LogP contribution >= 0.6 is 0 Å². The minimum Gasteiger partial charge on any atom is -0.395 e. The molecule has 1 aliphatic rings. The maximum Gasteiger partial charge on any atom is 0.170 e. The molecular weight excluding hydrogens is 744 g/mol. The number of halogens is 8. The van der Waals surface area contributed by atoms with Crippen LogP contribution in [-0.4, -0.2) is 65.7 Å². The van der Waals surface area contributed by atoms with Gasteiger partial charge in [0.2, 0.25) is 0 Å². The predicted molar refractivity (Wildman–Crippen MR) is 186 cm³/mol. The van der Waals surface area contributed by atoms with Crippen molar-refractivity contribution >= 4 is 45.3 Å². The van der Waals surface area contributed by atoms with Crippen molar-refractivity contribution in [2.45, 2.75) is 24.3 Å². The fourth-order valence-corrected chi connectivity index (χ4v) is 6.50. The van der Waals surface area contributed by atoms with Gasteiger partial charge in [-0.2, -0.15) is 0 Å². The lowest BCUT2D eigenvalue weighted by atomic mass is 9.96. The van der Waals surface area contributed by atoms with Gasteiger partial charge in [-0.15, -0.1) is 0 Å². The van der Waals surface area contributed by atoms with Crippen molar-refractivity contribution in [3.63, 3.8) is 0 Å². The van der Waals surface area contributed by atoms with Crippen molar-refractivity contribution in [1.29, 1.82) is 0 Å². The molecule has 0 amide bonds. The highest BCUT2D eigenvalue weighted by Gasteiger charge is 2.35. The number of hydrogen-bond donors (Lipinski definition) is 9. The number of fused-ring (bicyclic) bond motifs is 9. The Morgan fingerprint density at radius 2 is 0.891 bits per heavy atom. The van der Waals surface area contributed by atoms with Gasteiger partial charge in [0.1, 0.15) is 12.2 Å². The average Bonchev–Trinajstić information content (AvgIpc) is 4.01. The number of nitrogens with two attached hydrogens (primary N) is 2. The molecular formula is C37H28F8N6O4. The molecule has 7 rings (SSSR count). The van der Waals surface area contributed by atoms with Gasteiger partial charge in [-0.05, 0) is 54.6 Å². The lowest BCUT2D eigenvalue weighted by molar-refractivity contribution is 0.101. The summed E-state index contributed by atoms with van der Waals surface area (Å²) >= 11 is 0. The third kappa shape index (κ3) is 6.12. The summed E-state index contributed by atoms with van der Waals surface area (Å²) < 4.78 is 127. The molecule has 8 bridgehead atoms. The van der Waals surface area contributed by atoms with E-state index in [-0.39, 0.29) is 27.6 Å². The first-order chi connectivity index (χ1) is 26.2. The van der Waals surface area contributed by atoms with Gasteiger partial charge in [0.15, 0.2) is 46.5 Å². The Hall–Kier alpha value is -5.63. The molecule has 4 atom stereocenters. The van der Waals surface area contributed by atoms with Crippen molar-refractivity contribution in [2.24, 2.45) is 11.5 Å².